The highest BCUT2D eigenvalue weighted by atomic mass is 16.4. The van der Waals surface area contributed by atoms with Crippen molar-refractivity contribution in [3.8, 4) is 0 Å². The SMILES string of the molecule is CC=CC=CC(=O)NCc1ccc(C(=O)O)nc1. The largest absolute Gasteiger partial charge is 0.477 e. The second kappa shape index (κ2) is 7.01. The summed E-state index contributed by atoms with van der Waals surface area (Å²) in [6, 6.07) is 3.02. The highest BCUT2D eigenvalue weighted by Gasteiger charge is 2.03. The Hall–Kier alpha value is -2.43. The standard InChI is InChI=1S/C13H14N2O3/c1-2-3-4-5-12(16)15-9-10-6-7-11(13(17)18)14-8-10/h2-8H,9H2,1H3,(H,15,16)(H,17,18). The van der Waals surface area contributed by atoms with Gasteiger partial charge < -0.3 is 10.4 Å². The molecule has 0 radical (unpaired) electrons. The summed E-state index contributed by atoms with van der Waals surface area (Å²) in [7, 11) is 0. The Balaban J connectivity index is 2.48. The fraction of sp³-hybridized carbons (Fsp3) is 0.154. The maximum atomic E-state index is 11.3. The molecule has 0 aromatic carbocycles. The highest BCUT2D eigenvalue weighted by molar-refractivity contribution is 5.87. The Bertz CT molecular complexity index is 476. The van der Waals surface area contributed by atoms with Crippen molar-refractivity contribution in [2.24, 2.45) is 0 Å². The van der Waals surface area contributed by atoms with Crippen molar-refractivity contribution in [2.45, 2.75) is 13.5 Å². The van der Waals surface area contributed by atoms with Crippen LogP contribution in [0.1, 0.15) is 23.0 Å². The van der Waals surface area contributed by atoms with Gasteiger partial charge in [-0.2, -0.15) is 0 Å². The fourth-order valence-electron chi connectivity index (χ4n) is 1.16. The molecule has 94 valence electrons. The van der Waals surface area contributed by atoms with Crippen LogP contribution in [-0.2, 0) is 11.3 Å². The van der Waals surface area contributed by atoms with E-state index in [0.29, 0.717) is 6.54 Å². The summed E-state index contributed by atoms with van der Waals surface area (Å²) >= 11 is 0. The van der Waals surface area contributed by atoms with E-state index in [1.165, 1.54) is 18.3 Å². The van der Waals surface area contributed by atoms with Crippen molar-refractivity contribution >= 4 is 11.9 Å². The first kappa shape index (κ1) is 13.6. The molecule has 1 amide bonds. The molecular weight excluding hydrogens is 232 g/mol. The predicted molar refractivity (Wildman–Crippen MR) is 67.0 cm³/mol. The summed E-state index contributed by atoms with van der Waals surface area (Å²) in [6.07, 6.45) is 8.06. The maximum Gasteiger partial charge on any atom is 0.354 e. The lowest BCUT2D eigenvalue weighted by molar-refractivity contribution is -0.116. The minimum Gasteiger partial charge on any atom is -0.477 e. The average molecular weight is 246 g/mol. The molecule has 0 aliphatic carbocycles. The smallest absolute Gasteiger partial charge is 0.354 e. The van der Waals surface area contributed by atoms with Gasteiger partial charge in [-0.3, -0.25) is 4.79 Å². The number of rotatable bonds is 5. The summed E-state index contributed by atoms with van der Waals surface area (Å²) in [4.78, 5) is 25.6. The number of carbonyl (C=O) groups is 2. The van der Waals surface area contributed by atoms with E-state index in [9.17, 15) is 9.59 Å². The van der Waals surface area contributed by atoms with Crippen molar-refractivity contribution in [1.29, 1.82) is 0 Å². The molecule has 0 saturated heterocycles. The molecule has 2 N–H and O–H groups in total. The highest BCUT2D eigenvalue weighted by Crippen LogP contribution is 2.00. The molecule has 0 atom stereocenters. The number of nitrogens with zero attached hydrogens (tertiary/aromatic N) is 1. The summed E-state index contributed by atoms with van der Waals surface area (Å²) in [5.41, 5.74) is 0.728. The van der Waals surface area contributed by atoms with Crippen LogP contribution in [0.4, 0.5) is 0 Å². The van der Waals surface area contributed by atoms with Crippen molar-refractivity contribution in [3.63, 3.8) is 0 Å². The summed E-state index contributed by atoms with van der Waals surface area (Å²) in [5.74, 6) is -1.28. The molecule has 1 rings (SSSR count). The van der Waals surface area contributed by atoms with E-state index in [1.54, 1.807) is 18.2 Å². The topological polar surface area (TPSA) is 79.3 Å². The monoisotopic (exact) mass is 246 g/mol. The van der Waals surface area contributed by atoms with Gasteiger partial charge in [-0.1, -0.05) is 24.3 Å². The molecule has 0 bridgehead atoms. The Morgan fingerprint density at radius 3 is 2.72 bits per heavy atom. The number of nitrogens with one attached hydrogen (secondary N) is 1. The maximum absolute atomic E-state index is 11.3. The second-order valence-corrected chi connectivity index (χ2v) is 3.46. The van der Waals surface area contributed by atoms with Crippen LogP contribution < -0.4 is 5.32 Å². The van der Waals surface area contributed by atoms with Gasteiger partial charge >= 0.3 is 5.97 Å². The average Bonchev–Trinajstić information content (AvgIpc) is 2.37. The van der Waals surface area contributed by atoms with Crippen molar-refractivity contribution in [3.05, 3.63) is 53.9 Å². The zero-order chi connectivity index (χ0) is 13.4. The first-order chi connectivity index (χ1) is 8.63. The lowest BCUT2D eigenvalue weighted by atomic mass is 10.2. The third-order valence-corrected chi connectivity index (χ3v) is 2.06. The van der Waals surface area contributed by atoms with E-state index in [0.717, 1.165) is 5.56 Å². The fourth-order valence-corrected chi connectivity index (χ4v) is 1.16. The Kier molecular flexibility index (Phi) is 5.31. The molecule has 0 fully saturated rings. The van der Waals surface area contributed by atoms with E-state index in [1.807, 2.05) is 13.0 Å². The molecule has 5 heteroatoms. The number of aromatic carboxylic acids is 1. The van der Waals surface area contributed by atoms with Crippen molar-refractivity contribution < 1.29 is 14.7 Å². The number of amides is 1. The number of hydrogen-bond donors (Lipinski definition) is 2. The number of allylic oxidation sites excluding steroid dienone is 3. The minimum absolute atomic E-state index is 0.0157. The zero-order valence-corrected chi connectivity index (χ0v) is 9.96. The van der Waals surface area contributed by atoms with E-state index in [2.05, 4.69) is 10.3 Å². The third-order valence-electron chi connectivity index (χ3n) is 2.06. The van der Waals surface area contributed by atoms with E-state index < -0.39 is 5.97 Å². The van der Waals surface area contributed by atoms with Gasteiger partial charge in [0, 0.05) is 18.8 Å². The van der Waals surface area contributed by atoms with Crippen LogP contribution in [0.15, 0.2) is 42.6 Å². The van der Waals surface area contributed by atoms with Gasteiger partial charge in [-0.05, 0) is 18.6 Å². The van der Waals surface area contributed by atoms with Crippen LogP contribution in [0.25, 0.3) is 0 Å². The molecular formula is C13H14N2O3. The molecule has 0 aliphatic rings. The molecule has 1 aromatic rings. The van der Waals surface area contributed by atoms with Crippen LogP contribution >= 0.6 is 0 Å². The number of aromatic nitrogens is 1. The molecule has 1 heterocycles. The van der Waals surface area contributed by atoms with Gasteiger partial charge in [0.2, 0.25) is 5.91 Å². The van der Waals surface area contributed by atoms with Gasteiger partial charge in [0.15, 0.2) is 0 Å². The quantitative estimate of drug-likeness (QED) is 0.610. The van der Waals surface area contributed by atoms with Crippen LogP contribution in [0.5, 0.6) is 0 Å². The zero-order valence-electron chi connectivity index (χ0n) is 9.96. The number of carboxylic acids is 1. The summed E-state index contributed by atoms with van der Waals surface area (Å²) in [6.45, 7) is 2.17. The van der Waals surface area contributed by atoms with Crippen LogP contribution in [0.3, 0.4) is 0 Å². The number of carboxylic acid groups (broad SMARTS) is 1. The van der Waals surface area contributed by atoms with Crippen LogP contribution in [0.2, 0.25) is 0 Å². The third kappa shape index (κ3) is 4.61. The number of hydrogen-bond acceptors (Lipinski definition) is 3. The van der Waals surface area contributed by atoms with Gasteiger partial charge in [-0.15, -0.1) is 0 Å². The van der Waals surface area contributed by atoms with Crippen molar-refractivity contribution in [1.82, 2.24) is 10.3 Å². The van der Waals surface area contributed by atoms with Gasteiger partial charge in [-0.25, -0.2) is 9.78 Å². The minimum atomic E-state index is -1.07. The molecule has 1 aromatic heterocycles. The first-order valence-electron chi connectivity index (χ1n) is 5.39. The van der Waals surface area contributed by atoms with Gasteiger partial charge in [0.25, 0.3) is 0 Å². The van der Waals surface area contributed by atoms with Gasteiger partial charge in [0.05, 0.1) is 0 Å². The lowest BCUT2D eigenvalue weighted by Crippen LogP contribution is -2.20. The molecule has 0 unspecified atom stereocenters. The van der Waals surface area contributed by atoms with Crippen LogP contribution in [-0.4, -0.2) is 22.0 Å². The summed E-state index contributed by atoms with van der Waals surface area (Å²) < 4.78 is 0. The lowest BCUT2D eigenvalue weighted by Gasteiger charge is -2.02. The Morgan fingerprint density at radius 2 is 2.17 bits per heavy atom. The number of carbonyl (C=O) groups excluding carboxylic acids is 1. The second-order valence-electron chi connectivity index (χ2n) is 3.46. The number of pyridine rings is 1. The van der Waals surface area contributed by atoms with E-state index in [4.69, 9.17) is 5.11 Å². The molecule has 0 aliphatic heterocycles. The van der Waals surface area contributed by atoms with Crippen molar-refractivity contribution in [2.75, 3.05) is 0 Å². The molecule has 18 heavy (non-hydrogen) atoms. The first-order valence-corrected chi connectivity index (χ1v) is 5.39. The molecule has 0 saturated carbocycles. The molecule has 0 spiro atoms. The van der Waals surface area contributed by atoms with E-state index >= 15 is 0 Å². The Labute approximate surface area is 105 Å². The predicted octanol–water partition coefficient (Wildman–Crippen LogP) is 1.53. The van der Waals surface area contributed by atoms with E-state index in [-0.39, 0.29) is 11.6 Å². The van der Waals surface area contributed by atoms with Gasteiger partial charge in [0.1, 0.15) is 5.69 Å². The van der Waals surface area contributed by atoms with Crippen LogP contribution in [0, 0.1) is 0 Å². The Morgan fingerprint density at radius 1 is 1.39 bits per heavy atom. The molecule has 5 nitrogen and oxygen atoms in total. The summed E-state index contributed by atoms with van der Waals surface area (Å²) in [5, 5.41) is 11.3. The normalized spacial score (nSPS) is 10.9.